The second kappa shape index (κ2) is 8.53. The van der Waals surface area contributed by atoms with E-state index >= 15 is 0 Å². The molecule has 1 N–H and O–H groups in total. The van der Waals surface area contributed by atoms with E-state index in [1.54, 1.807) is 66.7 Å². The lowest BCUT2D eigenvalue weighted by atomic mass is 10.0. The van der Waals surface area contributed by atoms with Gasteiger partial charge in [0.25, 0.3) is 0 Å². The molecular weight excluding hydrogens is 348 g/mol. The quantitative estimate of drug-likeness (QED) is 0.511. The minimum atomic E-state index is -1.37. The summed E-state index contributed by atoms with van der Waals surface area (Å²) in [6.07, 6.45) is -1.80. The molecule has 6 heteroatoms. The molecule has 0 atom stereocenters. The van der Waals surface area contributed by atoms with Crippen molar-refractivity contribution in [2.45, 2.75) is 6.42 Å². The third-order valence-corrected chi connectivity index (χ3v) is 3.61. The van der Waals surface area contributed by atoms with Gasteiger partial charge >= 0.3 is 12.3 Å². The molecule has 0 aliphatic carbocycles. The van der Waals surface area contributed by atoms with Crippen LogP contribution in [0.3, 0.4) is 0 Å². The SMILES string of the molecule is O=C(O)Oc1ccccc1Cc1cccc(OC(=O)Oc2ccccc2)c1. The van der Waals surface area contributed by atoms with Gasteiger partial charge in [0.05, 0.1) is 0 Å². The summed E-state index contributed by atoms with van der Waals surface area (Å²) in [5.74, 6) is 0.975. The van der Waals surface area contributed by atoms with Crippen LogP contribution in [0.5, 0.6) is 17.2 Å². The van der Waals surface area contributed by atoms with Crippen LogP contribution in [0.4, 0.5) is 9.59 Å². The number of hydrogen-bond acceptors (Lipinski definition) is 5. The van der Waals surface area contributed by atoms with Crippen LogP contribution in [-0.4, -0.2) is 17.4 Å². The highest BCUT2D eigenvalue weighted by Gasteiger charge is 2.11. The van der Waals surface area contributed by atoms with E-state index < -0.39 is 12.3 Å². The number of rotatable bonds is 5. The molecule has 3 rings (SSSR count). The molecule has 3 aromatic carbocycles. The van der Waals surface area contributed by atoms with Gasteiger partial charge in [-0.25, -0.2) is 9.59 Å². The number of carboxylic acid groups (broad SMARTS) is 1. The minimum absolute atomic E-state index is 0.264. The van der Waals surface area contributed by atoms with Crippen LogP contribution in [0, 0.1) is 0 Å². The lowest BCUT2D eigenvalue weighted by Gasteiger charge is -2.09. The number of hydrogen-bond donors (Lipinski definition) is 1. The average Bonchev–Trinajstić information content (AvgIpc) is 2.64. The first kappa shape index (κ1) is 18.0. The Morgan fingerprint density at radius 1 is 0.741 bits per heavy atom. The molecule has 0 unspecified atom stereocenters. The van der Waals surface area contributed by atoms with Gasteiger partial charge in [-0.05, 0) is 41.5 Å². The van der Waals surface area contributed by atoms with Crippen LogP contribution in [0.1, 0.15) is 11.1 Å². The van der Waals surface area contributed by atoms with E-state index in [0.717, 1.165) is 5.56 Å². The van der Waals surface area contributed by atoms with Crippen LogP contribution in [-0.2, 0) is 6.42 Å². The van der Waals surface area contributed by atoms with E-state index in [9.17, 15) is 9.59 Å². The van der Waals surface area contributed by atoms with Crippen LogP contribution < -0.4 is 14.2 Å². The summed E-state index contributed by atoms with van der Waals surface area (Å²) in [4.78, 5) is 22.7. The second-order valence-electron chi connectivity index (χ2n) is 5.57. The van der Waals surface area contributed by atoms with E-state index in [2.05, 4.69) is 0 Å². The molecule has 0 aromatic heterocycles. The van der Waals surface area contributed by atoms with Crippen LogP contribution in [0.15, 0.2) is 78.9 Å². The molecule has 0 radical (unpaired) electrons. The lowest BCUT2D eigenvalue weighted by Crippen LogP contribution is -2.13. The summed E-state index contributed by atoms with van der Waals surface area (Å²) in [6, 6.07) is 22.4. The highest BCUT2D eigenvalue weighted by Crippen LogP contribution is 2.24. The van der Waals surface area contributed by atoms with Gasteiger partial charge < -0.3 is 19.3 Å². The third-order valence-electron chi connectivity index (χ3n) is 3.61. The van der Waals surface area contributed by atoms with Gasteiger partial charge in [-0.3, -0.25) is 0 Å². The van der Waals surface area contributed by atoms with E-state index in [1.807, 2.05) is 12.1 Å². The molecule has 0 aliphatic rings. The molecule has 0 spiro atoms. The Hall–Kier alpha value is -3.80. The van der Waals surface area contributed by atoms with Crippen LogP contribution in [0.2, 0.25) is 0 Å². The highest BCUT2D eigenvalue weighted by atomic mass is 16.7. The molecule has 0 amide bonds. The van der Waals surface area contributed by atoms with Gasteiger partial charge in [-0.15, -0.1) is 0 Å². The van der Waals surface area contributed by atoms with Gasteiger partial charge in [0, 0.05) is 6.42 Å². The summed E-state index contributed by atoms with van der Waals surface area (Å²) in [6.45, 7) is 0. The minimum Gasteiger partial charge on any atom is -0.449 e. The fraction of sp³-hybridized carbons (Fsp3) is 0.0476. The number of carbonyl (C=O) groups is 2. The maximum Gasteiger partial charge on any atom is 0.519 e. The molecule has 3 aromatic rings. The summed E-state index contributed by atoms with van der Waals surface area (Å²) in [5, 5.41) is 8.83. The van der Waals surface area contributed by atoms with Gasteiger partial charge in [-0.1, -0.05) is 48.5 Å². The second-order valence-corrected chi connectivity index (χ2v) is 5.57. The van der Waals surface area contributed by atoms with Crippen molar-refractivity contribution in [2.24, 2.45) is 0 Å². The largest absolute Gasteiger partial charge is 0.519 e. The fourth-order valence-corrected chi connectivity index (χ4v) is 2.48. The molecular formula is C21H16O6. The standard InChI is InChI=1S/C21H16O6/c22-20(23)27-19-12-5-4-8-16(19)13-15-7-6-11-18(14-15)26-21(24)25-17-9-2-1-3-10-17/h1-12,14H,13H2,(H,22,23). The zero-order valence-electron chi connectivity index (χ0n) is 14.2. The van der Waals surface area contributed by atoms with Crippen molar-refractivity contribution in [2.75, 3.05) is 0 Å². The zero-order valence-corrected chi connectivity index (χ0v) is 14.2. The maximum absolute atomic E-state index is 11.9. The zero-order chi connectivity index (χ0) is 19.1. The highest BCUT2D eigenvalue weighted by molar-refractivity contribution is 5.67. The smallest absolute Gasteiger partial charge is 0.449 e. The summed E-state index contributed by atoms with van der Waals surface area (Å²) >= 11 is 0. The van der Waals surface area contributed by atoms with Gasteiger partial charge in [0.2, 0.25) is 0 Å². The Labute approximate surface area is 155 Å². The Balaban J connectivity index is 1.69. The summed E-state index contributed by atoms with van der Waals surface area (Å²) in [7, 11) is 0. The third kappa shape index (κ3) is 5.34. The van der Waals surface area contributed by atoms with Gasteiger partial charge in [0.15, 0.2) is 0 Å². The Morgan fingerprint density at radius 2 is 1.41 bits per heavy atom. The number of carbonyl (C=O) groups excluding carboxylic acids is 1. The maximum atomic E-state index is 11.9. The monoisotopic (exact) mass is 364 g/mol. The van der Waals surface area contributed by atoms with Gasteiger partial charge in [0.1, 0.15) is 17.2 Å². The molecule has 0 heterocycles. The van der Waals surface area contributed by atoms with E-state index in [4.69, 9.17) is 19.3 Å². The van der Waals surface area contributed by atoms with Crippen molar-refractivity contribution < 1.29 is 28.9 Å². The van der Waals surface area contributed by atoms with Gasteiger partial charge in [-0.2, -0.15) is 0 Å². The van der Waals surface area contributed by atoms with E-state index in [0.29, 0.717) is 23.5 Å². The number of benzene rings is 3. The Morgan fingerprint density at radius 3 is 2.19 bits per heavy atom. The molecule has 0 fully saturated rings. The number of para-hydroxylation sites is 2. The first-order valence-corrected chi connectivity index (χ1v) is 8.12. The molecule has 0 aliphatic heterocycles. The van der Waals surface area contributed by atoms with Crippen molar-refractivity contribution in [3.63, 3.8) is 0 Å². The van der Waals surface area contributed by atoms with E-state index in [1.165, 1.54) is 0 Å². The first-order valence-electron chi connectivity index (χ1n) is 8.12. The molecule has 0 saturated carbocycles. The van der Waals surface area contributed by atoms with Crippen molar-refractivity contribution in [1.82, 2.24) is 0 Å². The van der Waals surface area contributed by atoms with E-state index in [-0.39, 0.29) is 5.75 Å². The number of ether oxygens (including phenoxy) is 3. The molecule has 6 nitrogen and oxygen atoms in total. The Kier molecular flexibility index (Phi) is 5.69. The fourth-order valence-electron chi connectivity index (χ4n) is 2.48. The van der Waals surface area contributed by atoms with Crippen molar-refractivity contribution >= 4 is 12.3 Å². The van der Waals surface area contributed by atoms with Crippen molar-refractivity contribution in [1.29, 1.82) is 0 Å². The van der Waals surface area contributed by atoms with Crippen LogP contribution >= 0.6 is 0 Å². The predicted molar refractivity (Wildman–Crippen MR) is 97.4 cm³/mol. The van der Waals surface area contributed by atoms with Crippen molar-refractivity contribution in [3.8, 4) is 17.2 Å². The van der Waals surface area contributed by atoms with Crippen LogP contribution in [0.25, 0.3) is 0 Å². The molecule has 136 valence electrons. The normalized spacial score (nSPS) is 10.1. The lowest BCUT2D eigenvalue weighted by molar-refractivity contribution is 0.144. The summed E-state index contributed by atoms with van der Waals surface area (Å²) in [5.41, 5.74) is 1.52. The molecule has 0 bridgehead atoms. The van der Waals surface area contributed by atoms with Crippen molar-refractivity contribution in [3.05, 3.63) is 90.0 Å². The summed E-state index contributed by atoms with van der Waals surface area (Å²) < 4.78 is 15.1. The molecule has 27 heavy (non-hydrogen) atoms. The predicted octanol–water partition coefficient (Wildman–Crippen LogP) is 4.91. The first-order chi connectivity index (χ1) is 13.1. The Bertz CT molecular complexity index is 936. The average molecular weight is 364 g/mol. The molecule has 0 saturated heterocycles. The topological polar surface area (TPSA) is 82.1 Å².